The van der Waals surface area contributed by atoms with E-state index >= 15 is 0 Å². The number of rotatable bonds is 5. The van der Waals surface area contributed by atoms with E-state index in [2.05, 4.69) is 15.5 Å². The van der Waals surface area contributed by atoms with Crippen LogP contribution in [0.15, 0.2) is 18.2 Å². The van der Waals surface area contributed by atoms with Crippen LogP contribution in [0.3, 0.4) is 0 Å². The molecule has 1 aromatic rings. The highest BCUT2D eigenvalue weighted by Crippen LogP contribution is 2.22. The molecule has 0 bridgehead atoms. The number of methoxy groups -OCH3 is 1. The molecule has 106 valence electrons. The van der Waals surface area contributed by atoms with Crippen LogP contribution in [0, 0.1) is 5.82 Å². The molecular weight excluding hydrogens is 245 g/mol. The zero-order valence-electron chi connectivity index (χ0n) is 11.6. The third kappa shape index (κ3) is 3.65. The standard InChI is InChI=1S/C14H22FN3O/c1-16-13(10-18-7-5-17-6-8-18)11-3-4-14(19-2)12(15)9-11/h3-4,9,13,16-17H,5-8,10H2,1-2H3. The average Bonchev–Trinajstić information content (AvgIpc) is 2.46. The number of hydrogen-bond donors (Lipinski definition) is 2. The van der Waals surface area contributed by atoms with Crippen molar-refractivity contribution in [2.24, 2.45) is 0 Å². The van der Waals surface area contributed by atoms with Gasteiger partial charge in [0, 0.05) is 38.8 Å². The topological polar surface area (TPSA) is 36.5 Å². The van der Waals surface area contributed by atoms with Crippen molar-refractivity contribution in [2.75, 3.05) is 46.9 Å². The quantitative estimate of drug-likeness (QED) is 0.834. The molecule has 1 saturated heterocycles. The predicted molar refractivity (Wildman–Crippen MR) is 74.1 cm³/mol. The number of halogens is 1. The van der Waals surface area contributed by atoms with Gasteiger partial charge in [-0.15, -0.1) is 0 Å². The second-order valence-electron chi connectivity index (χ2n) is 4.79. The molecule has 0 aromatic heterocycles. The predicted octanol–water partition coefficient (Wildman–Crippen LogP) is 1.00. The van der Waals surface area contributed by atoms with Gasteiger partial charge in [-0.2, -0.15) is 0 Å². The third-order valence-corrected chi connectivity index (χ3v) is 3.58. The summed E-state index contributed by atoms with van der Waals surface area (Å²) in [5.41, 5.74) is 0.958. The summed E-state index contributed by atoms with van der Waals surface area (Å²) in [5, 5.41) is 6.59. The maximum atomic E-state index is 13.7. The van der Waals surface area contributed by atoms with Gasteiger partial charge >= 0.3 is 0 Å². The lowest BCUT2D eigenvalue weighted by Gasteiger charge is -2.31. The van der Waals surface area contributed by atoms with Gasteiger partial charge in [0.1, 0.15) is 0 Å². The van der Waals surface area contributed by atoms with Gasteiger partial charge in [0.15, 0.2) is 11.6 Å². The second-order valence-corrected chi connectivity index (χ2v) is 4.79. The molecule has 0 radical (unpaired) electrons. The number of likely N-dealkylation sites (N-methyl/N-ethyl adjacent to an activating group) is 1. The molecule has 0 aliphatic carbocycles. The minimum Gasteiger partial charge on any atom is -0.494 e. The van der Waals surface area contributed by atoms with Gasteiger partial charge in [-0.25, -0.2) is 4.39 Å². The Kier molecular flexibility index (Phi) is 5.13. The van der Waals surface area contributed by atoms with Gasteiger partial charge in [-0.1, -0.05) is 6.07 Å². The summed E-state index contributed by atoms with van der Waals surface area (Å²) in [4.78, 5) is 2.39. The molecular formula is C14H22FN3O. The van der Waals surface area contributed by atoms with Crippen molar-refractivity contribution in [3.8, 4) is 5.75 Å². The average molecular weight is 267 g/mol. The SMILES string of the molecule is CNC(CN1CCNCC1)c1ccc(OC)c(F)c1. The number of ether oxygens (including phenoxy) is 1. The van der Waals surface area contributed by atoms with E-state index in [1.54, 1.807) is 12.1 Å². The van der Waals surface area contributed by atoms with Crippen molar-refractivity contribution >= 4 is 0 Å². The highest BCUT2D eigenvalue weighted by Gasteiger charge is 2.17. The Bertz CT molecular complexity index is 408. The molecule has 1 atom stereocenters. The Hall–Kier alpha value is -1.17. The summed E-state index contributed by atoms with van der Waals surface area (Å²) >= 11 is 0. The van der Waals surface area contributed by atoms with Crippen molar-refractivity contribution in [3.05, 3.63) is 29.6 Å². The van der Waals surface area contributed by atoms with Gasteiger partial charge < -0.3 is 15.4 Å². The third-order valence-electron chi connectivity index (χ3n) is 3.58. The number of nitrogens with one attached hydrogen (secondary N) is 2. The van der Waals surface area contributed by atoms with E-state index in [1.807, 2.05) is 13.1 Å². The lowest BCUT2D eigenvalue weighted by Crippen LogP contribution is -2.46. The molecule has 0 spiro atoms. The van der Waals surface area contributed by atoms with Crippen molar-refractivity contribution in [3.63, 3.8) is 0 Å². The summed E-state index contributed by atoms with van der Waals surface area (Å²) < 4.78 is 18.7. The number of benzene rings is 1. The van der Waals surface area contributed by atoms with Crippen molar-refractivity contribution in [2.45, 2.75) is 6.04 Å². The van der Waals surface area contributed by atoms with E-state index < -0.39 is 0 Å². The van der Waals surface area contributed by atoms with Crippen molar-refractivity contribution in [1.82, 2.24) is 15.5 Å². The molecule has 0 amide bonds. The van der Waals surface area contributed by atoms with Crippen LogP contribution in [0.2, 0.25) is 0 Å². The fraction of sp³-hybridized carbons (Fsp3) is 0.571. The van der Waals surface area contributed by atoms with E-state index in [0.717, 1.165) is 38.3 Å². The largest absolute Gasteiger partial charge is 0.494 e. The minimum absolute atomic E-state index is 0.138. The zero-order chi connectivity index (χ0) is 13.7. The Morgan fingerprint density at radius 3 is 2.74 bits per heavy atom. The van der Waals surface area contributed by atoms with E-state index in [0.29, 0.717) is 5.75 Å². The maximum Gasteiger partial charge on any atom is 0.165 e. The number of piperazine rings is 1. The Morgan fingerprint density at radius 2 is 2.16 bits per heavy atom. The van der Waals surface area contributed by atoms with Crippen LogP contribution < -0.4 is 15.4 Å². The van der Waals surface area contributed by atoms with Crippen molar-refractivity contribution < 1.29 is 9.13 Å². The Balaban J connectivity index is 2.05. The Labute approximate surface area is 113 Å². The highest BCUT2D eigenvalue weighted by molar-refractivity contribution is 5.31. The van der Waals surface area contributed by atoms with E-state index in [4.69, 9.17) is 4.74 Å². The van der Waals surface area contributed by atoms with Crippen LogP contribution in [-0.4, -0.2) is 51.8 Å². The van der Waals surface area contributed by atoms with Gasteiger partial charge in [-0.05, 0) is 24.7 Å². The van der Waals surface area contributed by atoms with E-state index in [9.17, 15) is 4.39 Å². The highest BCUT2D eigenvalue weighted by atomic mass is 19.1. The lowest BCUT2D eigenvalue weighted by atomic mass is 10.1. The van der Waals surface area contributed by atoms with Gasteiger partial charge in [0.2, 0.25) is 0 Å². The van der Waals surface area contributed by atoms with E-state index in [1.165, 1.54) is 7.11 Å². The summed E-state index contributed by atoms with van der Waals surface area (Å²) in [5.74, 6) is -0.0127. The summed E-state index contributed by atoms with van der Waals surface area (Å²) in [6.07, 6.45) is 0. The first-order valence-electron chi connectivity index (χ1n) is 6.68. The van der Waals surface area contributed by atoms with Gasteiger partial charge in [0.25, 0.3) is 0 Å². The lowest BCUT2D eigenvalue weighted by molar-refractivity contribution is 0.219. The second kappa shape index (κ2) is 6.84. The molecule has 4 nitrogen and oxygen atoms in total. The molecule has 19 heavy (non-hydrogen) atoms. The normalized spacial score (nSPS) is 18.3. The molecule has 1 heterocycles. The minimum atomic E-state index is -0.305. The molecule has 2 rings (SSSR count). The van der Waals surface area contributed by atoms with Crippen LogP contribution in [0.25, 0.3) is 0 Å². The molecule has 5 heteroatoms. The molecule has 1 unspecified atom stereocenters. The van der Waals surface area contributed by atoms with Gasteiger partial charge in [-0.3, -0.25) is 4.90 Å². The first-order valence-corrected chi connectivity index (χ1v) is 6.68. The molecule has 0 saturated carbocycles. The fourth-order valence-electron chi connectivity index (χ4n) is 2.41. The van der Waals surface area contributed by atoms with Crippen LogP contribution in [0.4, 0.5) is 4.39 Å². The van der Waals surface area contributed by atoms with Crippen LogP contribution >= 0.6 is 0 Å². The first-order chi connectivity index (χ1) is 9.24. The van der Waals surface area contributed by atoms with Crippen LogP contribution in [-0.2, 0) is 0 Å². The smallest absolute Gasteiger partial charge is 0.165 e. The van der Waals surface area contributed by atoms with Crippen LogP contribution in [0.1, 0.15) is 11.6 Å². The number of hydrogen-bond acceptors (Lipinski definition) is 4. The number of nitrogens with zero attached hydrogens (tertiary/aromatic N) is 1. The molecule has 1 aromatic carbocycles. The molecule has 1 fully saturated rings. The maximum absolute atomic E-state index is 13.7. The van der Waals surface area contributed by atoms with E-state index in [-0.39, 0.29) is 11.9 Å². The van der Waals surface area contributed by atoms with Crippen molar-refractivity contribution in [1.29, 1.82) is 0 Å². The molecule has 2 N–H and O–H groups in total. The molecule has 1 aliphatic rings. The van der Waals surface area contributed by atoms with Crippen LogP contribution in [0.5, 0.6) is 5.75 Å². The summed E-state index contributed by atoms with van der Waals surface area (Å²) in [6, 6.07) is 5.30. The Morgan fingerprint density at radius 1 is 1.42 bits per heavy atom. The molecule has 1 aliphatic heterocycles. The fourth-order valence-corrected chi connectivity index (χ4v) is 2.41. The first kappa shape index (κ1) is 14.2. The summed E-state index contributed by atoms with van der Waals surface area (Å²) in [7, 11) is 3.39. The monoisotopic (exact) mass is 267 g/mol. The zero-order valence-corrected chi connectivity index (χ0v) is 11.6. The summed E-state index contributed by atoms with van der Waals surface area (Å²) in [6.45, 7) is 5.01. The van der Waals surface area contributed by atoms with Gasteiger partial charge in [0.05, 0.1) is 7.11 Å².